The van der Waals surface area contributed by atoms with Crippen LogP contribution in [0.4, 0.5) is 0 Å². The van der Waals surface area contributed by atoms with Crippen molar-refractivity contribution in [1.82, 2.24) is 4.98 Å². The maximum atomic E-state index is 9.84. The van der Waals surface area contributed by atoms with Crippen LogP contribution in [-0.2, 0) is 21.8 Å². The van der Waals surface area contributed by atoms with Crippen LogP contribution in [0.3, 0.4) is 0 Å². The minimum atomic E-state index is 0.394. The van der Waals surface area contributed by atoms with Gasteiger partial charge in [-0.3, -0.25) is 9.78 Å². The lowest BCUT2D eigenvalue weighted by Gasteiger charge is -2.00. The lowest BCUT2D eigenvalue weighted by Crippen LogP contribution is -1.97. The molecule has 0 radical (unpaired) electrons. The van der Waals surface area contributed by atoms with Crippen LogP contribution in [-0.4, -0.2) is 18.1 Å². The molecule has 0 aliphatic carbocycles. The molecular weight excluding hydrogens is 190 g/mol. The molecule has 1 heterocycles. The van der Waals surface area contributed by atoms with Gasteiger partial charge < -0.3 is 4.74 Å². The van der Waals surface area contributed by atoms with Gasteiger partial charge in [-0.05, 0) is 11.6 Å². The summed E-state index contributed by atoms with van der Waals surface area (Å²) in [6, 6.07) is 3.79. The van der Waals surface area contributed by atoms with Crippen LogP contribution in [0.25, 0.3) is 0 Å². The van der Waals surface area contributed by atoms with Crippen LogP contribution < -0.4 is 0 Å². The van der Waals surface area contributed by atoms with Gasteiger partial charge in [-0.1, -0.05) is 6.07 Å². The molecule has 1 aromatic rings. The first-order valence-electron chi connectivity index (χ1n) is 3.92. The fraction of sp³-hybridized carbons (Fsp3) is 0.333. The Morgan fingerprint density at radius 1 is 1.54 bits per heavy atom. The molecule has 0 spiro atoms. The number of halogens is 1. The summed E-state index contributed by atoms with van der Waals surface area (Å²) in [5.41, 5.74) is 1.89. The minimum Gasteiger partial charge on any atom is -0.468 e. The summed E-state index contributed by atoms with van der Waals surface area (Å²) in [6.07, 6.45) is 2.43. The van der Waals surface area contributed by atoms with Crippen LogP contribution in [0.2, 0.25) is 0 Å². The van der Waals surface area contributed by atoms with Crippen molar-refractivity contribution in [3.63, 3.8) is 0 Å². The van der Waals surface area contributed by atoms with Crippen molar-refractivity contribution in [2.75, 3.05) is 6.61 Å². The normalized spacial score (nSPS) is 9.62. The zero-order valence-corrected chi connectivity index (χ0v) is 7.83. The molecule has 0 saturated heterocycles. The lowest BCUT2D eigenvalue weighted by atomic mass is 10.2. The van der Waals surface area contributed by atoms with E-state index in [1.165, 1.54) is 0 Å². The third-order valence-electron chi connectivity index (χ3n) is 1.60. The standard InChI is InChI=1S/C9H10ClNO2/c10-5-9-2-1-8(6-11-9)3-4-13-7-12/h1-2,6-7H,3-5H2. The molecule has 4 heteroatoms. The third-order valence-corrected chi connectivity index (χ3v) is 1.87. The summed E-state index contributed by atoms with van der Waals surface area (Å²) in [7, 11) is 0. The SMILES string of the molecule is O=COCCc1ccc(CCl)nc1. The van der Waals surface area contributed by atoms with Crippen molar-refractivity contribution in [3.05, 3.63) is 29.6 Å². The predicted molar refractivity (Wildman–Crippen MR) is 49.5 cm³/mol. The van der Waals surface area contributed by atoms with Gasteiger partial charge in [0.1, 0.15) is 0 Å². The Bertz CT molecular complexity index is 261. The highest BCUT2D eigenvalue weighted by atomic mass is 35.5. The minimum absolute atomic E-state index is 0.394. The first kappa shape index (κ1) is 9.99. The van der Waals surface area contributed by atoms with Gasteiger partial charge >= 0.3 is 0 Å². The van der Waals surface area contributed by atoms with Gasteiger partial charge in [0.25, 0.3) is 6.47 Å². The van der Waals surface area contributed by atoms with Crippen LogP contribution >= 0.6 is 11.6 Å². The Morgan fingerprint density at radius 3 is 2.92 bits per heavy atom. The topological polar surface area (TPSA) is 39.2 Å². The van der Waals surface area contributed by atoms with E-state index in [0.717, 1.165) is 11.3 Å². The Labute approximate surface area is 81.7 Å². The molecule has 70 valence electrons. The highest BCUT2D eigenvalue weighted by Gasteiger charge is 1.95. The lowest BCUT2D eigenvalue weighted by molar-refractivity contribution is -0.128. The zero-order valence-electron chi connectivity index (χ0n) is 7.07. The van der Waals surface area contributed by atoms with Crippen LogP contribution in [0.15, 0.2) is 18.3 Å². The number of ether oxygens (including phenoxy) is 1. The maximum absolute atomic E-state index is 9.84. The van der Waals surface area contributed by atoms with Crippen molar-refractivity contribution in [3.8, 4) is 0 Å². The molecule has 0 amide bonds. The van der Waals surface area contributed by atoms with Crippen molar-refractivity contribution in [1.29, 1.82) is 0 Å². The Balaban J connectivity index is 2.44. The van der Waals surface area contributed by atoms with Gasteiger partial charge in [0.15, 0.2) is 0 Å². The summed E-state index contributed by atoms with van der Waals surface area (Å²) in [6.45, 7) is 0.839. The van der Waals surface area contributed by atoms with Crippen molar-refractivity contribution >= 4 is 18.1 Å². The van der Waals surface area contributed by atoms with E-state index in [1.54, 1.807) is 6.20 Å². The molecule has 0 N–H and O–H groups in total. The number of rotatable bonds is 5. The smallest absolute Gasteiger partial charge is 0.293 e. The molecule has 0 aliphatic heterocycles. The molecule has 3 nitrogen and oxygen atoms in total. The first-order chi connectivity index (χ1) is 6.36. The number of carbonyl (C=O) groups excluding carboxylic acids is 1. The summed E-state index contributed by atoms with van der Waals surface area (Å²) >= 11 is 5.57. The summed E-state index contributed by atoms with van der Waals surface area (Å²) in [5, 5.41) is 0. The van der Waals surface area contributed by atoms with Crippen LogP contribution in [0.1, 0.15) is 11.3 Å². The average molecular weight is 200 g/mol. The number of hydrogen-bond donors (Lipinski definition) is 0. The second kappa shape index (κ2) is 5.54. The van der Waals surface area contributed by atoms with Gasteiger partial charge in [-0.25, -0.2) is 0 Å². The van der Waals surface area contributed by atoms with E-state index in [4.69, 9.17) is 11.6 Å². The summed E-state index contributed by atoms with van der Waals surface area (Å²) in [4.78, 5) is 13.9. The summed E-state index contributed by atoms with van der Waals surface area (Å²) < 4.78 is 4.56. The number of pyridine rings is 1. The molecule has 0 saturated carbocycles. The van der Waals surface area contributed by atoms with E-state index in [0.29, 0.717) is 25.4 Å². The Hall–Kier alpha value is -1.09. The van der Waals surface area contributed by atoms with Crippen LogP contribution in [0, 0.1) is 0 Å². The largest absolute Gasteiger partial charge is 0.468 e. The fourth-order valence-electron chi connectivity index (χ4n) is 0.907. The molecule has 1 rings (SSSR count). The van der Waals surface area contributed by atoms with Crippen molar-refractivity contribution in [2.45, 2.75) is 12.3 Å². The molecule has 13 heavy (non-hydrogen) atoms. The van der Waals surface area contributed by atoms with Gasteiger partial charge in [-0.2, -0.15) is 0 Å². The van der Waals surface area contributed by atoms with Gasteiger partial charge in [-0.15, -0.1) is 11.6 Å². The van der Waals surface area contributed by atoms with E-state index in [9.17, 15) is 4.79 Å². The van der Waals surface area contributed by atoms with Crippen LogP contribution in [0.5, 0.6) is 0 Å². The van der Waals surface area contributed by atoms with E-state index >= 15 is 0 Å². The second-order valence-corrected chi connectivity index (χ2v) is 2.78. The number of hydrogen-bond acceptors (Lipinski definition) is 3. The van der Waals surface area contributed by atoms with E-state index in [-0.39, 0.29) is 0 Å². The molecule has 0 unspecified atom stereocenters. The zero-order chi connectivity index (χ0) is 9.52. The van der Waals surface area contributed by atoms with E-state index in [2.05, 4.69) is 9.72 Å². The highest BCUT2D eigenvalue weighted by molar-refractivity contribution is 6.16. The van der Waals surface area contributed by atoms with Crippen molar-refractivity contribution in [2.24, 2.45) is 0 Å². The van der Waals surface area contributed by atoms with E-state index in [1.807, 2.05) is 12.1 Å². The fourth-order valence-corrected chi connectivity index (χ4v) is 1.07. The number of nitrogens with zero attached hydrogens (tertiary/aromatic N) is 1. The molecule has 0 aliphatic rings. The molecule has 0 bridgehead atoms. The molecule has 0 aromatic carbocycles. The number of aromatic nitrogens is 1. The first-order valence-corrected chi connectivity index (χ1v) is 4.45. The third kappa shape index (κ3) is 3.42. The average Bonchev–Trinajstić information content (AvgIpc) is 2.19. The van der Waals surface area contributed by atoms with Crippen molar-refractivity contribution < 1.29 is 9.53 Å². The second-order valence-electron chi connectivity index (χ2n) is 2.51. The molecule has 0 fully saturated rings. The van der Waals surface area contributed by atoms with E-state index < -0.39 is 0 Å². The monoisotopic (exact) mass is 199 g/mol. The highest BCUT2D eigenvalue weighted by Crippen LogP contribution is 2.03. The number of carbonyl (C=O) groups is 1. The van der Waals surface area contributed by atoms with Gasteiger partial charge in [0.2, 0.25) is 0 Å². The molecule has 1 aromatic heterocycles. The van der Waals surface area contributed by atoms with Gasteiger partial charge in [0, 0.05) is 12.6 Å². The quantitative estimate of drug-likeness (QED) is 0.410. The predicted octanol–water partition coefficient (Wildman–Crippen LogP) is 1.54. The summed E-state index contributed by atoms with van der Waals surface area (Å²) in [5.74, 6) is 0.422. The number of alkyl halides is 1. The Morgan fingerprint density at radius 2 is 2.38 bits per heavy atom. The van der Waals surface area contributed by atoms with Gasteiger partial charge in [0.05, 0.1) is 18.2 Å². The molecule has 0 atom stereocenters. The Kier molecular flexibility index (Phi) is 4.26. The maximum Gasteiger partial charge on any atom is 0.293 e. The molecular formula is C9H10ClNO2.